The number of ether oxygens (including phenoxy) is 1. The molecule has 7 heteroatoms. The standard InChI is InChI=1S/C11H11N5OS/c1-17-9-3-2-7(15-16-9)11-13-8-5-18-4-6(8)10(12)14-11/h2-3H,4-5H2,1H3,(H2,12,13,14). The summed E-state index contributed by atoms with van der Waals surface area (Å²) >= 11 is 1.79. The fraction of sp³-hybridized carbons (Fsp3) is 0.273. The summed E-state index contributed by atoms with van der Waals surface area (Å²) in [5.41, 5.74) is 8.57. The van der Waals surface area contributed by atoms with Gasteiger partial charge in [-0.15, -0.1) is 10.2 Å². The summed E-state index contributed by atoms with van der Waals surface area (Å²) in [6.07, 6.45) is 0. The van der Waals surface area contributed by atoms with Gasteiger partial charge in [0, 0.05) is 23.1 Å². The van der Waals surface area contributed by atoms with Crippen LogP contribution in [0.4, 0.5) is 5.82 Å². The van der Waals surface area contributed by atoms with Gasteiger partial charge in [0.15, 0.2) is 5.82 Å². The first-order chi connectivity index (χ1) is 8.78. The minimum Gasteiger partial charge on any atom is -0.480 e. The Labute approximate surface area is 108 Å². The maximum atomic E-state index is 5.93. The second-order valence-corrected chi connectivity index (χ2v) is 4.80. The number of fused-ring (bicyclic) bond motifs is 1. The molecule has 2 aromatic rings. The average molecular weight is 261 g/mol. The molecule has 0 amide bonds. The molecule has 0 aromatic carbocycles. The summed E-state index contributed by atoms with van der Waals surface area (Å²) < 4.78 is 4.96. The molecule has 0 atom stereocenters. The molecular weight excluding hydrogens is 250 g/mol. The first-order valence-electron chi connectivity index (χ1n) is 5.39. The number of nitrogen functional groups attached to an aromatic ring is 1. The second kappa shape index (κ2) is 4.41. The van der Waals surface area contributed by atoms with E-state index in [1.165, 1.54) is 0 Å². The Kier molecular flexibility index (Phi) is 2.75. The van der Waals surface area contributed by atoms with E-state index in [0.717, 1.165) is 22.8 Å². The van der Waals surface area contributed by atoms with Gasteiger partial charge in [-0.2, -0.15) is 11.8 Å². The molecule has 3 rings (SSSR count). The Morgan fingerprint density at radius 2 is 2.11 bits per heavy atom. The summed E-state index contributed by atoms with van der Waals surface area (Å²) in [7, 11) is 1.55. The van der Waals surface area contributed by atoms with E-state index in [2.05, 4.69) is 20.2 Å². The molecule has 2 N–H and O–H groups in total. The summed E-state index contributed by atoms with van der Waals surface area (Å²) in [6.45, 7) is 0. The van der Waals surface area contributed by atoms with E-state index in [1.807, 2.05) is 0 Å². The van der Waals surface area contributed by atoms with Crippen LogP contribution in [0.25, 0.3) is 11.5 Å². The number of rotatable bonds is 2. The third-order valence-corrected chi connectivity index (χ3v) is 3.66. The van der Waals surface area contributed by atoms with Crippen molar-refractivity contribution in [3.8, 4) is 17.4 Å². The van der Waals surface area contributed by atoms with Crippen LogP contribution in [0.5, 0.6) is 5.88 Å². The highest BCUT2D eigenvalue weighted by Gasteiger charge is 2.19. The van der Waals surface area contributed by atoms with Crippen molar-refractivity contribution in [1.82, 2.24) is 20.2 Å². The smallest absolute Gasteiger partial charge is 0.233 e. The molecule has 0 fully saturated rings. The van der Waals surface area contributed by atoms with Crippen molar-refractivity contribution in [2.75, 3.05) is 12.8 Å². The molecule has 92 valence electrons. The van der Waals surface area contributed by atoms with E-state index in [1.54, 1.807) is 31.0 Å². The van der Waals surface area contributed by atoms with Crippen LogP contribution in [0.15, 0.2) is 12.1 Å². The molecule has 0 saturated heterocycles. The number of nitrogens with two attached hydrogens (primary N) is 1. The van der Waals surface area contributed by atoms with Gasteiger partial charge in [0.2, 0.25) is 5.88 Å². The first kappa shape index (κ1) is 11.2. The third-order valence-electron chi connectivity index (χ3n) is 2.69. The lowest BCUT2D eigenvalue weighted by Crippen LogP contribution is -2.04. The summed E-state index contributed by atoms with van der Waals surface area (Å²) in [5, 5.41) is 7.92. The van der Waals surface area contributed by atoms with Gasteiger partial charge in [-0.05, 0) is 6.07 Å². The summed E-state index contributed by atoms with van der Waals surface area (Å²) in [5.74, 6) is 3.28. The minimum atomic E-state index is 0.462. The van der Waals surface area contributed by atoms with Crippen LogP contribution in [0.3, 0.4) is 0 Å². The van der Waals surface area contributed by atoms with Crippen LogP contribution >= 0.6 is 11.8 Å². The van der Waals surface area contributed by atoms with Gasteiger partial charge in [-0.1, -0.05) is 0 Å². The molecule has 0 radical (unpaired) electrons. The highest BCUT2D eigenvalue weighted by molar-refractivity contribution is 7.98. The molecule has 0 unspecified atom stereocenters. The van der Waals surface area contributed by atoms with Gasteiger partial charge in [-0.25, -0.2) is 9.97 Å². The van der Waals surface area contributed by atoms with Crippen molar-refractivity contribution >= 4 is 17.6 Å². The summed E-state index contributed by atoms with van der Waals surface area (Å²) in [6, 6.07) is 3.50. The fourth-order valence-electron chi connectivity index (χ4n) is 1.74. The number of hydrogen-bond donors (Lipinski definition) is 1. The molecule has 0 aliphatic carbocycles. The van der Waals surface area contributed by atoms with Crippen LogP contribution in [0.2, 0.25) is 0 Å². The number of anilines is 1. The van der Waals surface area contributed by atoms with Crippen molar-refractivity contribution in [2.24, 2.45) is 0 Å². The quantitative estimate of drug-likeness (QED) is 0.871. The van der Waals surface area contributed by atoms with Gasteiger partial charge >= 0.3 is 0 Å². The normalized spacial score (nSPS) is 13.4. The Morgan fingerprint density at radius 3 is 2.83 bits per heavy atom. The SMILES string of the molecule is COc1ccc(-c2nc(N)c3c(n2)CSC3)nn1. The van der Waals surface area contributed by atoms with Gasteiger partial charge < -0.3 is 10.5 Å². The topological polar surface area (TPSA) is 86.8 Å². The van der Waals surface area contributed by atoms with Crippen molar-refractivity contribution in [3.05, 3.63) is 23.4 Å². The van der Waals surface area contributed by atoms with E-state index in [9.17, 15) is 0 Å². The number of thioether (sulfide) groups is 1. The monoisotopic (exact) mass is 261 g/mol. The van der Waals surface area contributed by atoms with E-state index >= 15 is 0 Å². The molecule has 0 bridgehead atoms. The molecule has 0 spiro atoms. The van der Waals surface area contributed by atoms with Crippen LogP contribution < -0.4 is 10.5 Å². The lowest BCUT2D eigenvalue weighted by atomic mass is 10.2. The zero-order valence-electron chi connectivity index (χ0n) is 9.75. The molecule has 3 heterocycles. The Balaban J connectivity index is 2.03. The van der Waals surface area contributed by atoms with Gasteiger partial charge in [0.1, 0.15) is 11.5 Å². The summed E-state index contributed by atoms with van der Waals surface area (Å²) in [4.78, 5) is 8.77. The van der Waals surface area contributed by atoms with Gasteiger partial charge in [-0.3, -0.25) is 0 Å². The van der Waals surface area contributed by atoms with Crippen molar-refractivity contribution < 1.29 is 4.74 Å². The van der Waals surface area contributed by atoms with Crippen LogP contribution in [-0.4, -0.2) is 27.3 Å². The van der Waals surface area contributed by atoms with Gasteiger partial charge in [0.25, 0.3) is 0 Å². The number of nitrogens with zero attached hydrogens (tertiary/aromatic N) is 4. The lowest BCUT2D eigenvalue weighted by Gasteiger charge is -2.05. The van der Waals surface area contributed by atoms with Crippen molar-refractivity contribution in [3.63, 3.8) is 0 Å². The molecule has 18 heavy (non-hydrogen) atoms. The van der Waals surface area contributed by atoms with Gasteiger partial charge in [0.05, 0.1) is 12.8 Å². The largest absolute Gasteiger partial charge is 0.480 e. The molecule has 0 saturated carbocycles. The fourth-order valence-corrected chi connectivity index (χ4v) is 2.79. The minimum absolute atomic E-state index is 0.462. The third kappa shape index (κ3) is 1.86. The highest BCUT2D eigenvalue weighted by Crippen LogP contribution is 2.32. The Morgan fingerprint density at radius 1 is 1.22 bits per heavy atom. The lowest BCUT2D eigenvalue weighted by molar-refractivity contribution is 0.392. The van der Waals surface area contributed by atoms with E-state index in [0.29, 0.717) is 23.2 Å². The number of hydrogen-bond acceptors (Lipinski definition) is 7. The zero-order valence-corrected chi connectivity index (χ0v) is 10.6. The molecule has 2 aromatic heterocycles. The number of methoxy groups -OCH3 is 1. The van der Waals surface area contributed by atoms with E-state index < -0.39 is 0 Å². The first-order valence-corrected chi connectivity index (χ1v) is 6.54. The molecule has 6 nitrogen and oxygen atoms in total. The maximum absolute atomic E-state index is 5.93. The number of aromatic nitrogens is 4. The second-order valence-electron chi connectivity index (χ2n) is 3.81. The average Bonchev–Trinajstić information content (AvgIpc) is 2.88. The molecule has 1 aliphatic rings. The van der Waals surface area contributed by atoms with Crippen LogP contribution in [-0.2, 0) is 11.5 Å². The van der Waals surface area contributed by atoms with E-state index in [-0.39, 0.29) is 0 Å². The van der Waals surface area contributed by atoms with Crippen molar-refractivity contribution in [2.45, 2.75) is 11.5 Å². The van der Waals surface area contributed by atoms with Crippen LogP contribution in [0.1, 0.15) is 11.3 Å². The van der Waals surface area contributed by atoms with E-state index in [4.69, 9.17) is 10.5 Å². The zero-order chi connectivity index (χ0) is 12.5. The Bertz CT molecular complexity index is 587. The van der Waals surface area contributed by atoms with Crippen molar-refractivity contribution in [1.29, 1.82) is 0 Å². The predicted octanol–water partition coefficient (Wildman–Crippen LogP) is 1.27. The van der Waals surface area contributed by atoms with Crippen LogP contribution in [0, 0.1) is 0 Å². The molecule has 1 aliphatic heterocycles. The highest BCUT2D eigenvalue weighted by atomic mass is 32.2. The predicted molar refractivity (Wildman–Crippen MR) is 69.0 cm³/mol. The maximum Gasteiger partial charge on any atom is 0.233 e. The Hall–Kier alpha value is -1.89. The molecular formula is C11H11N5OS.